The molecule has 3 amide bonds. The standard InChI is InChI=1S/C26H39N3O4/c1-25(2,3)22(23(31)29-15-9-11-20(29)18-30)27-24(32)28-26(13-6-5-7-14-26)17-19-10-8-12-21(16-19)33-4/h8,10,12,16,18,20,22H,5-7,9,11,13-15,17H2,1-4H3,(H2,27,28,32)/t20-,22?/m0/s1. The van der Waals surface area contributed by atoms with E-state index in [4.69, 9.17) is 4.74 Å². The van der Waals surface area contributed by atoms with Gasteiger partial charge in [-0.2, -0.15) is 0 Å². The Labute approximate surface area is 197 Å². The molecule has 2 fully saturated rings. The highest BCUT2D eigenvalue weighted by Gasteiger charge is 2.41. The van der Waals surface area contributed by atoms with Crippen LogP contribution in [0.1, 0.15) is 71.3 Å². The van der Waals surface area contributed by atoms with E-state index in [0.717, 1.165) is 56.1 Å². The molecule has 3 rings (SSSR count). The second-order valence-electron chi connectivity index (χ2n) is 10.6. The number of hydrogen-bond acceptors (Lipinski definition) is 4. The molecular weight excluding hydrogens is 418 g/mol. The first-order chi connectivity index (χ1) is 15.7. The van der Waals surface area contributed by atoms with Crippen molar-refractivity contribution in [2.24, 2.45) is 5.41 Å². The minimum atomic E-state index is -0.712. The van der Waals surface area contributed by atoms with E-state index in [1.54, 1.807) is 12.0 Å². The molecule has 7 nitrogen and oxygen atoms in total. The SMILES string of the molecule is COc1cccc(CC2(NC(=O)NC(C(=O)N3CCC[C@H]3C=O)C(C)(C)C)CCCCC2)c1. The molecule has 0 spiro atoms. The molecule has 2 atom stereocenters. The van der Waals surface area contributed by atoms with Gasteiger partial charge in [-0.05, 0) is 55.2 Å². The van der Waals surface area contributed by atoms with Crippen LogP contribution in [0.3, 0.4) is 0 Å². The summed E-state index contributed by atoms with van der Waals surface area (Å²) < 4.78 is 5.37. The third kappa shape index (κ3) is 6.27. The minimum absolute atomic E-state index is 0.183. The van der Waals surface area contributed by atoms with Crippen molar-refractivity contribution in [3.63, 3.8) is 0 Å². The van der Waals surface area contributed by atoms with E-state index in [1.807, 2.05) is 39.0 Å². The molecule has 33 heavy (non-hydrogen) atoms. The van der Waals surface area contributed by atoms with Crippen LogP contribution < -0.4 is 15.4 Å². The van der Waals surface area contributed by atoms with E-state index in [9.17, 15) is 14.4 Å². The molecule has 1 unspecified atom stereocenters. The van der Waals surface area contributed by atoms with Crippen molar-refractivity contribution >= 4 is 18.2 Å². The lowest BCUT2D eigenvalue weighted by Gasteiger charge is -2.40. The fourth-order valence-electron chi connectivity index (χ4n) is 5.18. The molecule has 1 aromatic carbocycles. The van der Waals surface area contributed by atoms with Gasteiger partial charge in [-0.1, -0.05) is 52.2 Å². The fourth-order valence-corrected chi connectivity index (χ4v) is 5.18. The quantitative estimate of drug-likeness (QED) is 0.609. The predicted molar refractivity (Wildman–Crippen MR) is 128 cm³/mol. The summed E-state index contributed by atoms with van der Waals surface area (Å²) in [6, 6.07) is 6.53. The molecule has 1 heterocycles. The molecule has 182 valence electrons. The zero-order chi connectivity index (χ0) is 24.1. The van der Waals surface area contributed by atoms with Crippen molar-refractivity contribution in [2.45, 2.75) is 89.8 Å². The molecular formula is C26H39N3O4. The van der Waals surface area contributed by atoms with Gasteiger partial charge in [0.05, 0.1) is 13.2 Å². The topological polar surface area (TPSA) is 87.7 Å². The number of likely N-dealkylation sites (tertiary alicyclic amines) is 1. The number of rotatable bonds is 7. The number of hydrogen-bond donors (Lipinski definition) is 2. The Hall–Kier alpha value is -2.57. The van der Waals surface area contributed by atoms with Crippen LogP contribution in [0.2, 0.25) is 0 Å². The van der Waals surface area contributed by atoms with Crippen molar-refractivity contribution in [1.29, 1.82) is 0 Å². The van der Waals surface area contributed by atoms with E-state index in [0.29, 0.717) is 19.4 Å². The Bertz CT molecular complexity index is 842. The molecule has 0 radical (unpaired) electrons. The summed E-state index contributed by atoms with van der Waals surface area (Å²) in [6.07, 6.45) is 8.11. The third-order valence-corrected chi connectivity index (χ3v) is 6.99. The Balaban J connectivity index is 1.76. The average Bonchev–Trinajstić information content (AvgIpc) is 3.26. The molecule has 0 aromatic heterocycles. The summed E-state index contributed by atoms with van der Waals surface area (Å²) in [5, 5.41) is 6.24. The van der Waals surface area contributed by atoms with Crippen LogP contribution >= 0.6 is 0 Å². The zero-order valence-electron chi connectivity index (χ0n) is 20.5. The predicted octanol–water partition coefficient (Wildman–Crippen LogP) is 3.84. The van der Waals surface area contributed by atoms with Crippen molar-refractivity contribution < 1.29 is 19.1 Å². The van der Waals surface area contributed by atoms with E-state index >= 15 is 0 Å². The smallest absolute Gasteiger partial charge is 0.315 e. The second-order valence-corrected chi connectivity index (χ2v) is 10.6. The van der Waals surface area contributed by atoms with Gasteiger partial charge in [-0.3, -0.25) is 4.79 Å². The van der Waals surface area contributed by atoms with E-state index in [2.05, 4.69) is 16.7 Å². The van der Waals surface area contributed by atoms with Gasteiger partial charge >= 0.3 is 6.03 Å². The molecule has 1 saturated heterocycles. The number of ether oxygens (including phenoxy) is 1. The lowest BCUT2D eigenvalue weighted by atomic mass is 9.77. The number of methoxy groups -OCH3 is 1. The second kappa shape index (κ2) is 10.6. The highest BCUT2D eigenvalue weighted by molar-refractivity contribution is 5.89. The van der Waals surface area contributed by atoms with Crippen molar-refractivity contribution in [2.75, 3.05) is 13.7 Å². The lowest BCUT2D eigenvalue weighted by Crippen LogP contribution is -2.61. The Kier molecular flexibility index (Phi) is 8.03. The average molecular weight is 458 g/mol. The molecule has 1 aromatic rings. The first-order valence-electron chi connectivity index (χ1n) is 12.1. The monoisotopic (exact) mass is 457 g/mol. The van der Waals surface area contributed by atoms with Gasteiger partial charge < -0.3 is 25.1 Å². The number of amides is 3. The lowest BCUT2D eigenvalue weighted by molar-refractivity contribution is -0.138. The molecule has 1 aliphatic heterocycles. The maximum atomic E-state index is 13.3. The molecule has 2 aliphatic rings. The maximum absolute atomic E-state index is 13.3. The van der Waals surface area contributed by atoms with Crippen LogP contribution in [0.25, 0.3) is 0 Å². The number of benzene rings is 1. The molecule has 7 heteroatoms. The molecule has 2 N–H and O–H groups in total. The highest BCUT2D eigenvalue weighted by Crippen LogP contribution is 2.32. The van der Waals surface area contributed by atoms with Crippen LogP contribution in [0, 0.1) is 5.41 Å². The number of nitrogens with zero attached hydrogens (tertiary/aromatic N) is 1. The molecule has 1 aliphatic carbocycles. The summed E-state index contributed by atoms with van der Waals surface area (Å²) in [7, 11) is 1.65. The number of aldehydes is 1. The van der Waals surface area contributed by atoms with E-state index in [1.165, 1.54) is 0 Å². The first kappa shape index (κ1) is 25.1. The number of carbonyl (C=O) groups excluding carboxylic acids is 3. The summed E-state index contributed by atoms with van der Waals surface area (Å²) in [5.41, 5.74) is 0.266. The normalized spacial score (nSPS) is 21.2. The zero-order valence-corrected chi connectivity index (χ0v) is 20.5. The summed E-state index contributed by atoms with van der Waals surface area (Å²) >= 11 is 0. The third-order valence-electron chi connectivity index (χ3n) is 6.99. The van der Waals surface area contributed by atoms with Gasteiger partial charge in [0.15, 0.2) is 0 Å². The van der Waals surface area contributed by atoms with Crippen LogP contribution in [0.15, 0.2) is 24.3 Å². The van der Waals surface area contributed by atoms with Gasteiger partial charge in [0.2, 0.25) is 5.91 Å². The van der Waals surface area contributed by atoms with Gasteiger partial charge in [0.1, 0.15) is 18.1 Å². The Morgan fingerprint density at radius 2 is 1.94 bits per heavy atom. The minimum Gasteiger partial charge on any atom is -0.497 e. The van der Waals surface area contributed by atoms with Crippen LogP contribution in [-0.4, -0.2) is 54.4 Å². The Morgan fingerprint density at radius 3 is 2.58 bits per heavy atom. The van der Waals surface area contributed by atoms with Gasteiger partial charge in [0.25, 0.3) is 0 Å². The van der Waals surface area contributed by atoms with Gasteiger partial charge in [0, 0.05) is 12.1 Å². The van der Waals surface area contributed by atoms with Crippen LogP contribution in [0.4, 0.5) is 4.79 Å². The molecule has 0 bridgehead atoms. The number of urea groups is 1. The van der Waals surface area contributed by atoms with Crippen LogP contribution in [0.5, 0.6) is 5.75 Å². The fraction of sp³-hybridized carbons (Fsp3) is 0.654. The summed E-state index contributed by atoms with van der Waals surface area (Å²) in [5.74, 6) is 0.620. The van der Waals surface area contributed by atoms with Crippen molar-refractivity contribution in [3.05, 3.63) is 29.8 Å². The Morgan fingerprint density at radius 1 is 1.21 bits per heavy atom. The molecule has 1 saturated carbocycles. The number of carbonyl (C=O) groups is 3. The highest BCUT2D eigenvalue weighted by atomic mass is 16.5. The largest absolute Gasteiger partial charge is 0.497 e. The van der Waals surface area contributed by atoms with Gasteiger partial charge in [-0.15, -0.1) is 0 Å². The van der Waals surface area contributed by atoms with Crippen molar-refractivity contribution in [1.82, 2.24) is 15.5 Å². The van der Waals surface area contributed by atoms with Crippen molar-refractivity contribution in [3.8, 4) is 5.75 Å². The summed E-state index contributed by atoms with van der Waals surface area (Å²) in [6.45, 7) is 6.37. The summed E-state index contributed by atoms with van der Waals surface area (Å²) in [4.78, 5) is 39.7. The number of nitrogens with one attached hydrogen (secondary N) is 2. The first-order valence-corrected chi connectivity index (χ1v) is 12.1. The maximum Gasteiger partial charge on any atom is 0.315 e. The van der Waals surface area contributed by atoms with Crippen LogP contribution in [-0.2, 0) is 16.0 Å². The van der Waals surface area contributed by atoms with Gasteiger partial charge in [-0.25, -0.2) is 4.79 Å². The van der Waals surface area contributed by atoms with E-state index in [-0.39, 0.29) is 17.5 Å². The van der Waals surface area contributed by atoms with E-state index < -0.39 is 17.5 Å².